The molecule has 19 heavy (non-hydrogen) atoms. The quantitative estimate of drug-likeness (QED) is 0.662. The van der Waals surface area contributed by atoms with Gasteiger partial charge in [0.1, 0.15) is 5.82 Å². The van der Waals surface area contributed by atoms with Crippen molar-refractivity contribution in [2.75, 3.05) is 40.5 Å². The average Bonchev–Trinajstić information content (AvgIpc) is 2.41. The van der Waals surface area contributed by atoms with Crippen molar-refractivity contribution in [3.63, 3.8) is 0 Å². The Morgan fingerprint density at radius 1 is 1.26 bits per heavy atom. The molecule has 0 fully saturated rings. The first-order valence-corrected chi connectivity index (χ1v) is 6.74. The van der Waals surface area contributed by atoms with Crippen molar-refractivity contribution >= 4 is 0 Å². The minimum absolute atomic E-state index is 0.171. The third kappa shape index (κ3) is 6.66. The third-order valence-electron chi connectivity index (χ3n) is 3.04. The van der Waals surface area contributed by atoms with Crippen LogP contribution in [0, 0.1) is 5.82 Å². The van der Waals surface area contributed by atoms with Gasteiger partial charge in [0.15, 0.2) is 0 Å². The Morgan fingerprint density at radius 2 is 2.11 bits per heavy atom. The molecule has 1 unspecified atom stereocenters. The van der Waals surface area contributed by atoms with Crippen LogP contribution in [-0.2, 0) is 9.47 Å². The summed E-state index contributed by atoms with van der Waals surface area (Å²) in [4.78, 5) is 0. The zero-order valence-corrected chi connectivity index (χ0v) is 11.8. The highest BCUT2D eigenvalue weighted by Crippen LogP contribution is 2.21. The van der Waals surface area contributed by atoms with E-state index in [4.69, 9.17) is 9.47 Å². The summed E-state index contributed by atoms with van der Waals surface area (Å²) >= 11 is 0. The fourth-order valence-corrected chi connectivity index (χ4v) is 2.07. The predicted molar refractivity (Wildman–Crippen MR) is 75.0 cm³/mol. The number of halogens is 1. The van der Waals surface area contributed by atoms with Gasteiger partial charge in [-0.2, -0.15) is 0 Å². The van der Waals surface area contributed by atoms with Gasteiger partial charge in [-0.25, -0.2) is 4.39 Å². The molecule has 0 aliphatic rings. The van der Waals surface area contributed by atoms with Crippen LogP contribution in [0.25, 0.3) is 0 Å². The molecule has 0 bridgehead atoms. The summed E-state index contributed by atoms with van der Waals surface area (Å²) in [6.45, 7) is 2.83. The lowest BCUT2D eigenvalue weighted by atomic mass is 9.94. The van der Waals surface area contributed by atoms with E-state index >= 15 is 0 Å². The van der Waals surface area contributed by atoms with Gasteiger partial charge < -0.3 is 14.8 Å². The van der Waals surface area contributed by atoms with E-state index in [-0.39, 0.29) is 5.82 Å². The van der Waals surface area contributed by atoms with E-state index in [1.807, 2.05) is 13.1 Å². The Morgan fingerprint density at radius 3 is 2.79 bits per heavy atom. The van der Waals surface area contributed by atoms with E-state index < -0.39 is 0 Å². The number of methoxy groups -OCH3 is 1. The van der Waals surface area contributed by atoms with Crippen LogP contribution >= 0.6 is 0 Å². The molecule has 1 rings (SSSR count). The van der Waals surface area contributed by atoms with Gasteiger partial charge in [-0.05, 0) is 43.5 Å². The number of benzene rings is 1. The fraction of sp³-hybridized carbons (Fsp3) is 0.600. The second kappa shape index (κ2) is 9.89. The number of nitrogens with one attached hydrogen (secondary N) is 1. The van der Waals surface area contributed by atoms with Crippen LogP contribution in [0.15, 0.2) is 24.3 Å². The summed E-state index contributed by atoms with van der Waals surface area (Å²) in [5, 5.41) is 3.16. The van der Waals surface area contributed by atoms with Crippen LogP contribution < -0.4 is 5.32 Å². The lowest BCUT2D eigenvalue weighted by Crippen LogP contribution is -2.18. The zero-order chi connectivity index (χ0) is 13.9. The number of ether oxygens (including phenoxy) is 2. The van der Waals surface area contributed by atoms with Crippen LogP contribution in [-0.4, -0.2) is 40.5 Å². The van der Waals surface area contributed by atoms with Gasteiger partial charge >= 0.3 is 0 Å². The number of likely N-dealkylation sites (N-methyl/N-ethyl adjacent to an activating group) is 1. The maximum atomic E-state index is 13.2. The van der Waals surface area contributed by atoms with Crippen molar-refractivity contribution in [3.8, 4) is 0 Å². The predicted octanol–water partition coefficient (Wildman–Crippen LogP) is 2.57. The van der Waals surface area contributed by atoms with Gasteiger partial charge in [-0.1, -0.05) is 12.1 Å². The Kier molecular flexibility index (Phi) is 8.38. The van der Waals surface area contributed by atoms with Gasteiger partial charge in [0.25, 0.3) is 0 Å². The highest BCUT2D eigenvalue weighted by atomic mass is 19.1. The Labute approximate surface area is 115 Å². The maximum Gasteiger partial charge on any atom is 0.123 e. The summed E-state index contributed by atoms with van der Waals surface area (Å²) in [5.74, 6) is 0.154. The van der Waals surface area contributed by atoms with Crippen molar-refractivity contribution in [2.45, 2.75) is 18.8 Å². The van der Waals surface area contributed by atoms with E-state index in [9.17, 15) is 4.39 Å². The van der Waals surface area contributed by atoms with Gasteiger partial charge in [0.05, 0.1) is 13.2 Å². The third-order valence-corrected chi connectivity index (χ3v) is 3.04. The summed E-state index contributed by atoms with van der Waals surface area (Å²) < 4.78 is 23.6. The van der Waals surface area contributed by atoms with Crippen LogP contribution in [0.3, 0.4) is 0 Å². The largest absolute Gasteiger partial charge is 0.382 e. The first-order valence-electron chi connectivity index (χ1n) is 6.74. The molecule has 108 valence electrons. The minimum Gasteiger partial charge on any atom is -0.382 e. The average molecular weight is 269 g/mol. The first kappa shape index (κ1) is 16.1. The Bertz CT molecular complexity index is 347. The molecular formula is C15H24FNO2. The van der Waals surface area contributed by atoms with Crippen molar-refractivity contribution in [1.82, 2.24) is 5.32 Å². The maximum absolute atomic E-state index is 13.2. The van der Waals surface area contributed by atoms with Gasteiger partial charge in [-0.15, -0.1) is 0 Å². The molecule has 1 N–H and O–H groups in total. The molecule has 0 saturated heterocycles. The van der Waals surface area contributed by atoms with E-state index in [0.29, 0.717) is 19.1 Å². The van der Waals surface area contributed by atoms with E-state index in [2.05, 4.69) is 5.32 Å². The van der Waals surface area contributed by atoms with Crippen LogP contribution in [0.4, 0.5) is 4.39 Å². The highest BCUT2D eigenvalue weighted by molar-refractivity contribution is 5.21. The van der Waals surface area contributed by atoms with E-state index in [0.717, 1.165) is 31.6 Å². The van der Waals surface area contributed by atoms with Crippen molar-refractivity contribution in [3.05, 3.63) is 35.6 Å². The van der Waals surface area contributed by atoms with E-state index in [1.165, 1.54) is 6.07 Å². The lowest BCUT2D eigenvalue weighted by molar-refractivity contribution is 0.0681. The molecular weight excluding hydrogens is 245 g/mol. The van der Waals surface area contributed by atoms with Crippen molar-refractivity contribution in [1.29, 1.82) is 0 Å². The van der Waals surface area contributed by atoms with Crippen molar-refractivity contribution in [2.24, 2.45) is 0 Å². The standard InChI is InChI=1S/C15H24FNO2/c1-17-12-14(6-4-8-19-10-9-18-2)13-5-3-7-15(16)11-13/h3,5,7,11,14,17H,4,6,8-10,12H2,1-2H3. The molecule has 0 spiro atoms. The molecule has 0 aromatic heterocycles. The lowest BCUT2D eigenvalue weighted by Gasteiger charge is -2.17. The van der Waals surface area contributed by atoms with E-state index in [1.54, 1.807) is 19.2 Å². The molecule has 1 atom stereocenters. The molecule has 0 radical (unpaired) electrons. The number of rotatable bonds is 10. The molecule has 1 aromatic carbocycles. The molecule has 0 heterocycles. The normalized spacial score (nSPS) is 12.6. The van der Waals surface area contributed by atoms with Crippen LogP contribution in [0.1, 0.15) is 24.3 Å². The monoisotopic (exact) mass is 269 g/mol. The van der Waals surface area contributed by atoms with Crippen LogP contribution in [0.2, 0.25) is 0 Å². The summed E-state index contributed by atoms with van der Waals surface area (Å²) in [6.07, 6.45) is 1.95. The second-order valence-electron chi connectivity index (χ2n) is 4.56. The first-order chi connectivity index (χ1) is 9.27. The van der Waals surface area contributed by atoms with Crippen LogP contribution in [0.5, 0.6) is 0 Å². The number of hydrogen-bond acceptors (Lipinski definition) is 3. The highest BCUT2D eigenvalue weighted by Gasteiger charge is 2.11. The molecule has 0 aliphatic carbocycles. The Hall–Kier alpha value is -0.970. The molecule has 1 aromatic rings. The zero-order valence-electron chi connectivity index (χ0n) is 11.8. The van der Waals surface area contributed by atoms with Gasteiger partial charge in [0.2, 0.25) is 0 Å². The topological polar surface area (TPSA) is 30.5 Å². The number of hydrogen-bond donors (Lipinski definition) is 1. The molecule has 0 amide bonds. The minimum atomic E-state index is -0.171. The summed E-state index contributed by atoms with van der Waals surface area (Å²) in [6, 6.07) is 6.85. The second-order valence-corrected chi connectivity index (χ2v) is 4.56. The molecule has 0 saturated carbocycles. The molecule has 0 aliphatic heterocycles. The summed E-state index contributed by atoms with van der Waals surface area (Å²) in [5.41, 5.74) is 1.05. The fourth-order valence-electron chi connectivity index (χ4n) is 2.07. The smallest absolute Gasteiger partial charge is 0.123 e. The van der Waals surface area contributed by atoms with Crippen molar-refractivity contribution < 1.29 is 13.9 Å². The SMILES string of the molecule is CNCC(CCCOCCOC)c1cccc(F)c1. The van der Waals surface area contributed by atoms with Gasteiger partial charge in [0, 0.05) is 20.3 Å². The molecule has 4 heteroatoms. The Balaban J connectivity index is 2.36. The summed E-state index contributed by atoms with van der Waals surface area (Å²) in [7, 11) is 3.58. The van der Waals surface area contributed by atoms with Gasteiger partial charge in [-0.3, -0.25) is 0 Å². The molecule has 3 nitrogen and oxygen atoms in total.